The van der Waals surface area contributed by atoms with Crippen molar-refractivity contribution in [2.75, 3.05) is 12.4 Å². The zero-order chi connectivity index (χ0) is 22.2. The summed E-state index contributed by atoms with van der Waals surface area (Å²) in [6.07, 6.45) is 11.2. The molecule has 1 amide bonds. The van der Waals surface area contributed by atoms with E-state index in [2.05, 4.69) is 23.5 Å². The molecule has 3 aliphatic rings. The lowest BCUT2D eigenvalue weighted by atomic mass is 9.76. The third-order valence-corrected chi connectivity index (χ3v) is 7.53. The minimum atomic E-state index is -0.370. The highest BCUT2D eigenvalue weighted by molar-refractivity contribution is 6.01. The molecule has 3 unspecified atom stereocenters. The standard InChI is InChI=1S/C26H29N3O3/c1-28(18-7-3-2-4-8-18)26(30)23-12-6-11-22-20-9-5-10-21(20)24(27-25(22)23)17-13-15-19(16-14-17)29(31)32/h5-6,9,11-16,18,20-21,24,27H,2-4,7-8,10H2,1H3. The van der Waals surface area contributed by atoms with E-state index >= 15 is 0 Å². The number of rotatable bonds is 4. The van der Waals surface area contributed by atoms with Crippen LogP contribution in [0.15, 0.2) is 54.6 Å². The fourth-order valence-corrected chi connectivity index (χ4v) is 5.76. The second-order valence-electron chi connectivity index (χ2n) is 9.30. The van der Waals surface area contributed by atoms with Crippen molar-refractivity contribution in [1.82, 2.24) is 4.90 Å². The summed E-state index contributed by atoms with van der Waals surface area (Å²) >= 11 is 0. The van der Waals surface area contributed by atoms with Crippen LogP contribution < -0.4 is 5.32 Å². The van der Waals surface area contributed by atoms with Crippen LogP contribution in [0.1, 0.15) is 72.0 Å². The number of benzene rings is 2. The van der Waals surface area contributed by atoms with Crippen molar-refractivity contribution in [3.05, 3.63) is 81.4 Å². The number of carbonyl (C=O) groups is 1. The first kappa shape index (κ1) is 20.7. The minimum absolute atomic E-state index is 0.00255. The molecule has 6 heteroatoms. The lowest BCUT2D eigenvalue weighted by molar-refractivity contribution is -0.384. The molecular formula is C26H29N3O3. The van der Waals surface area contributed by atoms with E-state index in [-0.39, 0.29) is 28.5 Å². The minimum Gasteiger partial charge on any atom is -0.377 e. The molecule has 1 aliphatic heterocycles. The van der Waals surface area contributed by atoms with Crippen LogP contribution in [0, 0.1) is 16.0 Å². The maximum atomic E-state index is 13.6. The summed E-state index contributed by atoms with van der Waals surface area (Å²) in [5.41, 5.74) is 3.92. The lowest BCUT2D eigenvalue weighted by Crippen LogP contribution is -2.39. The Morgan fingerprint density at radius 3 is 2.56 bits per heavy atom. The Kier molecular flexibility index (Phi) is 5.45. The quantitative estimate of drug-likeness (QED) is 0.376. The molecule has 1 heterocycles. The van der Waals surface area contributed by atoms with Crippen molar-refractivity contribution in [2.45, 2.75) is 56.5 Å². The molecule has 2 aromatic rings. The Morgan fingerprint density at radius 2 is 1.84 bits per heavy atom. The van der Waals surface area contributed by atoms with E-state index in [1.807, 2.05) is 36.2 Å². The summed E-state index contributed by atoms with van der Waals surface area (Å²) < 4.78 is 0. The van der Waals surface area contributed by atoms with Gasteiger partial charge in [0.25, 0.3) is 11.6 Å². The van der Waals surface area contributed by atoms with E-state index in [1.165, 1.54) is 24.8 Å². The van der Waals surface area contributed by atoms with E-state index in [0.717, 1.165) is 36.1 Å². The highest BCUT2D eigenvalue weighted by atomic mass is 16.6. The highest BCUT2D eigenvalue weighted by Crippen LogP contribution is 2.50. The maximum Gasteiger partial charge on any atom is 0.269 e. The maximum absolute atomic E-state index is 13.6. The molecule has 0 saturated heterocycles. The van der Waals surface area contributed by atoms with E-state index < -0.39 is 0 Å². The molecule has 32 heavy (non-hydrogen) atoms. The summed E-state index contributed by atoms with van der Waals surface area (Å²) in [6, 6.07) is 13.2. The van der Waals surface area contributed by atoms with Crippen LogP contribution in [0.25, 0.3) is 0 Å². The van der Waals surface area contributed by atoms with Crippen LogP contribution in [-0.4, -0.2) is 28.8 Å². The Morgan fingerprint density at radius 1 is 1.09 bits per heavy atom. The van der Waals surface area contributed by atoms with Crippen LogP contribution in [0.3, 0.4) is 0 Å². The van der Waals surface area contributed by atoms with Gasteiger partial charge in [-0.25, -0.2) is 0 Å². The zero-order valence-electron chi connectivity index (χ0n) is 18.4. The van der Waals surface area contributed by atoms with Crippen LogP contribution in [0.2, 0.25) is 0 Å². The number of hydrogen-bond donors (Lipinski definition) is 1. The molecular weight excluding hydrogens is 402 g/mol. The second-order valence-corrected chi connectivity index (χ2v) is 9.30. The summed E-state index contributed by atoms with van der Waals surface area (Å²) in [5.74, 6) is 0.633. The number of para-hydroxylation sites is 1. The first-order valence-electron chi connectivity index (χ1n) is 11.6. The van der Waals surface area contributed by atoms with Crippen molar-refractivity contribution in [1.29, 1.82) is 0 Å². The molecule has 166 valence electrons. The van der Waals surface area contributed by atoms with Crippen LogP contribution >= 0.6 is 0 Å². The molecule has 2 aliphatic carbocycles. The van der Waals surface area contributed by atoms with Crippen LogP contribution in [-0.2, 0) is 0 Å². The Labute approximate surface area is 188 Å². The Bertz CT molecular complexity index is 1060. The molecule has 0 spiro atoms. The van der Waals surface area contributed by atoms with Gasteiger partial charge in [0.1, 0.15) is 0 Å². The van der Waals surface area contributed by atoms with Gasteiger partial charge in [-0.2, -0.15) is 0 Å². The number of nitro benzene ring substituents is 1. The summed E-state index contributed by atoms with van der Waals surface area (Å²) in [5, 5.41) is 14.8. The van der Waals surface area contributed by atoms with Crippen molar-refractivity contribution >= 4 is 17.3 Å². The summed E-state index contributed by atoms with van der Waals surface area (Å²) in [7, 11) is 1.94. The predicted octanol–water partition coefficient (Wildman–Crippen LogP) is 5.83. The van der Waals surface area contributed by atoms with Gasteiger partial charge in [0.15, 0.2) is 0 Å². The molecule has 1 saturated carbocycles. The molecule has 0 bridgehead atoms. The van der Waals surface area contributed by atoms with Gasteiger partial charge in [0.2, 0.25) is 0 Å². The molecule has 1 N–H and O–H groups in total. The number of carbonyl (C=O) groups excluding carboxylic acids is 1. The van der Waals surface area contributed by atoms with Crippen molar-refractivity contribution < 1.29 is 9.72 Å². The van der Waals surface area contributed by atoms with E-state index in [9.17, 15) is 14.9 Å². The summed E-state index contributed by atoms with van der Waals surface area (Å²) in [6.45, 7) is 0. The SMILES string of the molecule is CN(C(=O)c1cccc2c1NC(c1ccc([N+](=O)[O-])cc1)C1CC=CC21)C1CCCCC1. The number of fused-ring (bicyclic) bond motifs is 3. The highest BCUT2D eigenvalue weighted by Gasteiger charge is 2.40. The van der Waals surface area contributed by atoms with E-state index in [0.29, 0.717) is 12.0 Å². The first-order chi connectivity index (χ1) is 15.5. The number of nitrogens with one attached hydrogen (secondary N) is 1. The fraction of sp³-hybridized carbons (Fsp3) is 0.423. The smallest absolute Gasteiger partial charge is 0.269 e. The Hall–Kier alpha value is -3.15. The normalized spacial score (nSPS) is 24.3. The number of nitro groups is 1. The number of nitrogens with zero attached hydrogens (tertiary/aromatic N) is 2. The molecule has 6 nitrogen and oxygen atoms in total. The molecule has 3 atom stereocenters. The van der Waals surface area contributed by atoms with Crippen molar-refractivity contribution in [2.24, 2.45) is 5.92 Å². The fourth-order valence-electron chi connectivity index (χ4n) is 5.76. The van der Waals surface area contributed by atoms with Gasteiger partial charge in [-0.1, -0.05) is 55.7 Å². The largest absolute Gasteiger partial charge is 0.377 e. The lowest BCUT2D eigenvalue weighted by Gasteiger charge is -2.39. The third kappa shape index (κ3) is 3.57. The second kappa shape index (κ2) is 8.41. The van der Waals surface area contributed by atoms with Gasteiger partial charge in [0, 0.05) is 31.1 Å². The average Bonchev–Trinajstić information content (AvgIpc) is 3.33. The van der Waals surface area contributed by atoms with Crippen molar-refractivity contribution in [3.63, 3.8) is 0 Å². The molecule has 0 aromatic heterocycles. The first-order valence-corrected chi connectivity index (χ1v) is 11.6. The van der Waals surface area contributed by atoms with Gasteiger partial charge >= 0.3 is 0 Å². The van der Waals surface area contributed by atoms with E-state index in [4.69, 9.17) is 0 Å². The number of non-ortho nitro benzene ring substituents is 1. The van der Waals surface area contributed by atoms with Gasteiger partial charge in [-0.05, 0) is 42.4 Å². The molecule has 1 fully saturated rings. The van der Waals surface area contributed by atoms with Crippen molar-refractivity contribution in [3.8, 4) is 0 Å². The van der Waals surface area contributed by atoms with Crippen LogP contribution in [0.4, 0.5) is 11.4 Å². The average molecular weight is 432 g/mol. The molecule has 0 radical (unpaired) electrons. The van der Waals surface area contributed by atoms with Crippen LogP contribution in [0.5, 0.6) is 0 Å². The third-order valence-electron chi connectivity index (χ3n) is 7.53. The predicted molar refractivity (Wildman–Crippen MR) is 125 cm³/mol. The topological polar surface area (TPSA) is 75.5 Å². The van der Waals surface area contributed by atoms with Gasteiger partial charge in [-0.3, -0.25) is 14.9 Å². The van der Waals surface area contributed by atoms with Gasteiger partial charge in [0.05, 0.1) is 22.2 Å². The monoisotopic (exact) mass is 431 g/mol. The summed E-state index contributed by atoms with van der Waals surface area (Å²) in [4.78, 5) is 26.2. The van der Waals surface area contributed by atoms with E-state index in [1.54, 1.807) is 12.1 Å². The number of anilines is 1. The molecule has 2 aromatic carbocycles. The Balaban J connectivity index is 1.50. The number of hydrogen-bond acceptors (Lipinski definition) is 4. The zero-order valence-corrected chi connectivity index (χ0v) is 18.4. The molecule has 5 rings (SSSR count). The van der Waals surface area contributed by atoms with Gasteiger partial charge in [-0.15, -0.1) is 0 Å². The number of allylic oxidation sites excluding steroid dienone is 2. The number of amides is 1. The van der Waals surface area contributed by atoms with Gasteiger partial charge < -0.3 is 10.2 Å².